The number of anilines is 1. The molecule has 104 valence electrons. The summed E-state index contributed by atoms with van der Waals surface area (Å²) in [6.45, 7) is 2.13. The minimum absolute atomic E-state index is 0.0310. The summed E-state index contributed by atoms with van der Waals surface area (Å²) in [5.74, 6) is 1.67. The highest BCUT2D eigenvalue weighted by Gasteiger charge is 2.29. The molecule has 0 aromatic carbocycles. The Balaban J connectivity index is 1.42. The lowest BCUT2D eigenvalue weighted by Crippen LogP contribution is -2.30. The lowest BCUT2D eigenvalue weighted by Gasteiger charge is -2.22. The summed E-state index contributed by atoms with van der Waals surface area (Å²) in [7, 11) is 0. The summed E-state index contributed by atoms with van der Waals surface area (Å²) in [6.07, 6.45) is 6.10. The fraction of sp³-hybridized carbons (Fsp3) is 0.769. The number of amides is 1. The zero-order valence-corrected chi connectivity index (χ0v) is 11.0. The average molecular weight is 264 g/mol. The number of rotatable bonds is 5. The van der Waals surface area contributed by atoms with Gasteiger partial charge in [-0.2, -0.15) is 0 Å². The van der Waals surface area contributed by atoms with Gasteiger partial charge < -0.3 is 9.73 Å². The van der Waals surface area contributed by atoms with E-state index in [1.807, 2.05) is 0 Å². The molecule has 1 aromatic heterocycles. The SMILES string of the molecule is O=C(CCC1CCCNC1)Nc1nnc(C2CC2)o1. The maximum Gasteiger partial charge on any atom is 0.322 e. The minimum Gasteiger partial charge on any atom is -0.408 e. The van der Waals surface area contributed by atoms with E-state index >= 15 is 0 Å². The zero-order valence-electron chi connectivity index (χ0n) is 11.0. The maximum atomic E-state index is 11.8. The van der Waals surface area contributed by atoms with Gasteiger partial charge in [0.15, 0.2) is 0 Å². The second kappa shape index (κ2) is 5.69. The number of hydrogen-bond acceptors (Lipinski definition) is 5. The van der Waals surface area contributed by atoms with Crippen molar-refractivity contribution in [1.29, 1.82) is 0 Å². The smallest absolute Gasteiger partial charge is 0.322 e. The third kappa shape index (κ3) is 3.53. The lowest BCUT2D eigenvalue weighted by molar-refractivity contribution is -0.116. The molecule has 1 aromatic rings. The molecule has 19 heavy (non-hydrogen) atoms. The molecular weight excluding hydrogens is 244 g/mol. The van der Waals surface area contributed by atoms with Crippen LogP contribution in [0.1, 0.15) is 50.3 Å². The number of carbonyl (C=O) groups is 1. The van der Waals surface area contributed by atoms with Gasteiger partial charge in [0, 0.05) is 12.3 Å². The largest absolute Gasteiger partial charge is 0.408 e. The van der Waals surface area contributed by atoms with Gasteiger partial charge in [-0.05, 0) is 51.1 Å². The summed E-state index contributed by atoms with van der Waals surface area (Å²) in [6, 6.07) is 0.244. The van der Waals surface area contributed by atoms with Gasteiger partial charge in [-0.15, -0.1) is 5.10 Å². The molecule has 1 saturated carbocycles. The second-order valence-electron chi connectivity index (χ2n) is 5.52. The minimum atomic E-state index is -0.0310. The van der Waals surface area contributed by atoms with Crippen LogP contribution in [0.2, 0.25) is 0 Å². The van der Waals surface area contributed by atoms with Crippen LogP contribution in [0.5, 0.6) is 0 Å². The molecule has 2 fully saturated rings. The Morgan fingerprint density at radius 3 is 3.00 bits per heavy atom. The molecule has 2 N–H and O–H groups in total. The molecule has 1 unspecified atom stereocenters. The van der Waals surface area contributed by atoms with Crippen LogP contribution < -0.4 is 10.6 Å². The van der Waals surface area contributed by atoms with E-state index in [1.54, 1.807) is 0 Å². The number of nitrogens with one attached hydrogen (secondary N) is 2. The number of nitrogens with zero attached hydrogens (tertiary/aromatic N) is 2. The number of carbonyl (C=O) groups excluding carboxylic acids is 1. The third-order valence-electron chi connectivity index (χ3n) is 3.79. The molecule has 1 aliphatic carbocycles. The van der Waals surface area contributed by atoms with Crippen LogP contribution in [-0.4, -0.2) is 29.2 Å². The van der Waals surface area contributed by atoms with Gasteiger partial charge in [0.2, 0.25) is 11.8 Å². The molecular formula is C13H20N4O2. The predicted octanol–water partition coefficient (Wildman–Crippen LogP) is 1.67. The first-order chi connectivity index (χ1) is 9.31. The summed E-state index contributed by atoms with van der Waals surface area (Å²) in [5, 5.41) is 13.8. The highest BCUT2D eigenvalue weighted by molar-refractivity contribution is 5.88. The van der Waals surface area contributed by atoms with Crippen molar-refractivity contribution in [2.45, 2.75) is 44.4 Å². The summed E-state index contributed by atoms with van der Waals surface area (Å²) < 4.78 is 5.40. The Morgan fingerprint density at radius 1 is 1.37 bits per heavy atom. The van der Waals surface area contributed by atoms with Gasteiger partial charge in [-0.3, -0.25) is 10.1 Å². The highest BCUT2D eigenvalue weighted by Crippen LogP contribution is 2.39. The Labute approximate surface area is 112 Å². The molecule has 3 rings (SSSR count). The van der Waals surface area contributed by atoms with Gasteiger partial charge in [0.05, 0.1) is 0 Å². The number of hydrogen-bond donors (Lipinski definition) is 2. The maximum absolute atomic E-state index is 11.8. The summed E-state index contributed by atoms with van der Waals surface area (Å²) in [4.78, 5) is 11.8. The van der Waals surface area contributed by atoms with Crippen molar-refractivity contribution in [2.24, 2.45) is 5.92 Å². The molecule has 2 heterocycles. The van der Waals surface area contributed by atoms with Crippen molar-refractivity contribution in [1.82, 2.24) is 15.5 Å². The monoisotopic (exact) mass is 264 g/mol. The van der Waals surface area contributed by atoms with E-state index in [2.05, 4.69) is 20.8 Å². The topological polar surface area (TPSA) is 80.0 Å². The van der Waals surface area contributed by atoms with Crippen LogP contribution >= 0.6 is 0 Å². The van der Waals surface area contributed by atoms with E-state index in [9.17, 15) is 4.79 Å². The molecule has 0 spiro atoms. The predicted molar refractivity (Wildman–Crippen MR) is 69.7 cm³/mol. The lowest BCUT2D eigenvalue weighted by atomic mass is 9.94. The molecule has 1 atom stereocenters. The fourth-order valence-electron chi connectivity index (χ4n) is 2.47. The van der Waals surface area contributed by atoms with Crippen molar-refractivity contribution in [3.05, 3.63) is 5.89 Å². The highest BCUT2D eigenvalue weighted by atomic mass is 16.4. The van der Waals surface area contributed by atoms with Crippen molar-refractivity contribution in [3.8, 4) is 0 Å². The second-order valence-corrected chi connectivity index (χ2v) is 5.52. The third-order valence-corrected chi connectivity index (χ3v) is 3.79. The first-order valence-corrected chi connectivity index (χ1v) is 7.15. The van der Waals surface area contributed by atoms with Crippen LogP contribution in [0.15, 0.2) is 4.42 Å². The molecule has 2 aliphatic rings. The van der Waals surface area contributed by atoms with Gasteiger partial charge in [-0.1, -0.05) is 5.10 Å². The first-order valence-electron chi connectivity index (χ1n) is 7.15. The van der Waals surface area contributed by atoms with Crippen molar-refractivity contribution in [2.75, 3.05) is 18.4 Å². The van der Waals surface area contributed by atoms with Gasteiger partial charge in [0.1, 0.15) is 0 Å². The molecule has 1 aliphatic heterocycles. The number of aromatic nitrogens is 2. The van der Waals surface area contributed by atoms with E-state index in [1.165, 1.54) is 12.8 Å². The summed E-state index contributed by atoms with van der Waals surface area (Å²) >= 11 is 0. The standard InChI is InChI=1S/C13H20N4O2/c18-11(6-3-9-2-1-7-14-8-9)15-13-17-16-12(19-13)10-4-5-10/h9-10,14H,1-8H2,(H,15,17,18). The Bertz CT molecular complexity index is 436. The molecule has 1 saturated heterocycles. The molecule has 0 radical (unpaired) electrons. The van der Waals surface area contributed by atoms with Crippen LogP contribution in [0, 0.1) is 5.92 Å². The number of piperidine rings is 1. The van der Waals surface area contributed by atoms with Crippen LogP contribution in [0.4, 0.5) is 6.01 Å². The van der Waals surface area contributed by atoms with E-state index in [-0.39, 0.29) is 11.9 Å². The van der Waals surface area contributed by atoms with E-state index < -0.39 is 0 Å². The van der Waals surface area contributed by atoms with Crippen molar-refractivity contribution >= 4 is 11.9 Å². The Kier molecular flexibility index (Phi) is 3.77. The van der Waals surface area contributed by atoms with Crippen molar-refractivity contribution < 1.29 is 9.21 Å². The summed E-state index contributed by atoms with van der Waals surface area (Å²) in [5.41, 5.74) is 0. The van der Waals surface area contributed by atoms with Crippen LogP contribution in [0.3, 0.4) is 0 Å². The average Bonchev–Trinajstić information content (AvgIpc) is 3.19. The molecule has 1 amide bonds. The van der Waals surface area contributed by atoms with E-state index in [0.29, 0.717) is 24.1 Å². The van der Waals surface area contributed by atoms with Gasteiger partial charge in [0.25, 0.3) is 0 Å². The van der Waals surface area contributed by atoms with Crippen molar-refractivity contribution in [3.63, 3.8) is 0 Å². The Morgan fingerprint density at radius 2 is 2.26 bits per heavy atom. The molecule has 0 bridgehead atoms. The first kappa shape index (κ1) is 12.6. The van der Waals surface area contributed by atoms with Gasteiger partial charge in [-0.25, -0.2) is 0 Å². The van der Waals surface area contributed by atoms with Gasteiger partial charge >= 0.3 is 6.01 Å². The molecule has 6 nitrogen and oxygen atoms in total. The zero-order chi connectivity index (χ0) is 13.1. The van der Waals surface area contributed by atoms with E-state index in [0.717, 1.165) is 32.4 Å². The van der Waals surface area contributed by atoms with Crippen LogP contribution in [0.25, 0.3) is 0 Å². The quantitative estimate of drug-likeness (QED) is 0.845. The normalized spacial score (nSPS) is 23.3. The fourth-order valence-corrected chi connectivity index (χ4v) is 2.47. The molecule has 6 heteroatoms. The Hall–Kier alpha value is -1.43. The van der Waals surface area contributed by atoms with Crippen LogP contribution in [-0.2, 0) is 4.79 Å². The van der Waals surface area contributed by atoms with E-state index in [4.69, 9.17) is 4.42 Å².